The zero-order valence-corrected chi connectivity index (χ0v) is 14.3. The van der Waals surface area contributed by atoms with Crippen LogP contribution in [0.3, 0.4) is 0 Å². The minimum absolute atomic E-state index is 0.00528. The molecule has 0 aromatic heterocycles. The van der Waals surface area contributed by atoms with Gasteiger partial charge >= 0.3 is 0 Å². The van der Waals surface area contributed by atoms with Crippen molar-refractivity contribution < 1.29 is 8.42 Å². The fourth-order valence-corrected chi connectivity index (χ4v) is 3.63. The lowest BCUT2D eigenvalue weighted by Crippen LogP contribution is -2.34. The first-order valence-electron chi connectivity index (χ1n) is 7.80. The van der Waals surface area contributed by atoms with E-state index in [1.54, 1.807) is 18.2 Å². The lowest BCUT2D eigenvalue weighted by atomic mass is 10.1. The van der Waals surface area contributed by atoms with E-state index in [2.05, 4.69) is 23.9 Å². The van der Waals surface area contributed by atoms with E-state index in [4.69, 9.17) is 0 Å². The molecule has 0 amide bonds. The van der Waals surface area contributed by atoms with E-state index in [9.17, 15) is 8.42 Å². The minimum Gasteiger partial charge on any atom is -0.310 e. The van der Waals surface area contributed by atoms with Crippen molar-refractivity contribution >= 4 is 10.0 Å². The number of nitrogens with one attached hydrogen (secondary N) is 2. The summed E-state index contributed by atoms with van der Waals surface area (Å²) in [5.74, 6) is 0. The molecule has 0 aliphatic heterocycles. The average molecular weight is 312 g/mol. The lowest BCUT2D eigenvalue weighted by Gasteiger charge is -2.17. The van der Waals surface area contributed by atoms with Gasteiger partial charge in [0.25, 0.3) is 0 Å². The van der Waals surface area contributed by atoms with E-state index in [0.29, 0.717) is 4.90 Å². The maximum absolute atomic E-state index is 12.4. The van der Waals surface area contributed by atoms with E-state index < -0.39 is 10.0 Å². The molecule has 1 aromatic rings. The van der Waals surface area contributed by atoms with Crippen LogP contribution in [-0.4, -0.2) is 21.0 Å². The highest BCUT2D eigenvalue weighted by Gasteiger charge is 2.19. The fraction of sp³-hybridized carbons (Fsp3) is 0.625. The Hall–Kier alpha value is -0.910. The van der Waals surface area contributed by atoms with Gasteiger partial charge < -0.3 is 5.32 Å². The Morgan fingerprint density at radius 1 is 1.14 bits per heavy atom. The Morgan fingerprint density at radius 3 is 2.38 bits per heavy atom. The molecule has 0 aliphatic rings. The Morgan fingerprint density at radius 2 is 1.81 bits per heavy atom. The quantitative estimate of drug-likeness (QED) is 0.736. The summed E-state index contributed by atoms with van der Waals surface area (Å²) in [6.07, 6.45) is 2.65. The molecule has 4 nitrogen and oxygen atoms in total. The second-order valence-corrected chi connectivity index (χ2v) is 7.10. The van der Waals surface area contributed by atoms with E-state index in [0.717, 1.165) is 31.4 Å². The second kappa shape index (κ2) is 8.51. The topological polar surface area (TPSA) is 58.2 Å². The van der Waals surface area contributed by atoms with Gasteiger partial charge in [0.05, 0.1) is 4.90 Å². The monoisotopic (exact) mass is 312 g/mol. The number of hydrogen-bond donors (Lipinski definition) is 2. The van der Waals surface area contributed by atoms with Crippen LogP contribution in [0, 0.1) is 0 Å². The molecule has 1 aromatic carbocycles. The summed E-state index contributed by atoms with van der Waals surface area (Å²) in [5, 5.41) is 3.38. The average Bonchev–Trinajstić information content (AvgIpc) is 2.50. The van der Waals surface area contributed by atoms with Gasteiger partial charge in [0.15, 0.2) is 0 Å². The molecular formula is C16H28N2O2S. The van der Waals surface area contributed by atoms with Crippen molar-refractivity contribution in [2.45, 2.75) is 63.9 Å². The Bertz CT molecular complexity index is 525. The smallest absolute Gasteiger partial charge is 0.240 e. The predicted octanol–water partition coefficient (Wildman–Crippen LogP) is 3.21. The van der Waals surface area contributed by atoms with E-state index in [1.807, 2.05) is 19.9 Å². The summed E-state index contributed by atoms with van der Waals surface area (Å²) in [5.41, 5.74) is 0.996. The molecule has 1 unspecified atom stereocenters. The summed E-state index contributed by atoms with van der Waals surface area (Å²) < 4.78 is 27.6. The molecule has 5 heteroatoms. The van der Waals surface area contributed by atoms with Crippen LogP contribution in [0.2, 0.25) is 0 Å². The van der Waals surface area contributed by atoms with Crippen molar-refractivity contribution in [3.8, 4) is 0 Å². The van der Waals surface area contributed by atoms with Gasteiger partial charge in [0.2, 0.25) is 10.0 Å². The predicted molar refractivity (Wildman–Crippen MR) is 87.8 cm³/mol. The highest BCUT2D eigenvalue weighted by Crippen LogP contribution is 2.18. The van der Waals surface area contributed by atoms with Crippen molar-refractivity contribution in [2.75, 3.05) is 6.54 Å². The van der Waals surface area contributed by atoms with Crippen LogP contribution in [-0.2, 0) is 10.0 Å². The third kappa shape index (κ3) is 5.41. The van der Waals surface area contributed by atoms with Gasteiger partial charge in [-0.1, -0.05) is 32.9 Å². The van der Waals surface area contributed by atoms with Crippen LogP contribution >= 0.6 is 0 Å². The van der Waals surface area contributed by atoms with Crippen molar-refractivity contribution in [3.63, 3.8) is 0 Å². The third-order valence-corrected chi connectivity index (χ3v) is 5.19. The molecular weight excluding hydrogens is 284 g/mol. The first-order chi connectivity index (χ1) is 9.94. The summed E-state index contributed by atoms with van der Waals surface area (Å²) in [6, 6.07) is 7.32. The van der Waals surface area contributed by atoms with Crippen molar-refractivity contribution in [3.05, 3.63) is 29.8 Å². The number of sulfonamides is 1. The molecule has 0 fully saturated rings. The maximum Gasteiger partial charge on any atom is 0.240 e. The summed E-state index contributed by atoms with van der Waals surface area (Å²) in [7, 11) is -3.44. The zero-order chi connectivity index (χ0) is 15.9. The van der Waals surface area contributed by atoms with Gasteiger partial charge in [0, 0.05) is 12.1 Å². The van der Waals surface area contributed by atoms with Crippen LogP contribution in [0.4, 0.5) is 0 Å². The largest absolute Gasteiger partial charge is 0.310 e. The van der Waals surface area contributed by atoms with Gasteiger partial charge in [-0.3, -0.25) is 0 Å². The zero-order valence-electron chi connectivity index (χ0n) is 13.5. The van der Waals surface area contributed by atoms with E-state index >= 15 is 0 Å². The van der Waals surface area contributed by atoms with Gasteiger partial charge in [-0.25, -0.2) is 13.1 Å². The third-order valence-electron chi connectivity index (χ3n) is 3.68. The van der Waals surface area contributed by atoms with Crippen LogP contribution in [0.25, 0.3) is 0 Å². The highest BCUT2D eigenvalue weighted by atomic mass is 32.2. The molecule has 2 N–H and O–H groups in total. The normalized spacial score (nSPS) is 13.6. The van der Waals surface area contributed by atoms with Gasteiger partial charge in [0.1, 0.15) is 0 Å². The molecule has 21 heavy (non-hydrogen) atoms. The number of hydrogen-bond acceptors (Lipinski definition) is 3. The molecule has 0 spiro atoms. The van der Waals surface area contributed by atoms with Crippen LogP contribution in [0.15, 0.2) is 29.2 Å². The molecule has 0 bridgehead atoms. The van der Waals surface area contributed by atoms with Crippen LogP contribution < -0.4 is 10.0 Å². The Labute approximate surface area is 129 Å². The Kier molecular flexibility index (Phi) is 7.35. The number of rotatable bonds is 9. The molecule has 0 heterocycles. The molecule has 1 rings (SSSR count). The summed E-state index contributed by atoms with van der Waals surface area (Å²) >= 11 is 0. The van der Waals surface area contributed by atoms with Crippen molar-refractivity contribution in [1.82, 2.24) is 10.0 Å². The van der Waals surface area contributed by atoms with E-state index in [-0.39, 0.29) is 12.1 Å². The van der Waals surface area contributed by atoms with Crippen molar-refractivity contribution in [1.29, 1.82) is 0 Å². The summed E-state index contributed by atoms with van der Waals surface area (Å²) in [4.78, 5) is 0.344. The summed E-state index contributed by atoms with van der Waals surface area (Å²) in [6.45, 7) is 9.06. The SMILES string of the molecule is CCCNC(C)c1cccc(S(=O)(=O)NC(CC)CC)c1. The molecule has 120 valence electrons. The van der Waals surface area contributed by atoms with Crippen molar-refractivity contribution in [2.24, 2.45) is 0 Å². The van der Waals surface area contributed by atoms with Gasteiger partial charge in [-0.15, -0.1) is 0 Å². The van der Waals surface area contributed by atoms with Gasteiger partial charge in [-0.2, -0.15) is 0 Å². The maximum atomic E-state index is 12.4. The number of benzene rings is 1. The molecule has 0 saturated carbocycles. The Balaban J connectivity index is 2.93. The molecule has 0 aliphatic carbocycles. The first-order valence-corrected chi connectivity index (χ1v) is 9.28. The first kappa shape index (κ1) is 18.1. The minimum atomic E-state index is -3.44. The van der Waals surface area contributed by atoms with Crippen LogP contribution in [0.5, 0.6) is 0 Å². The fourth-order valence-electron chi connectivity index (χ4n) is 2.17. The standard InChI is InChI=1S/C16H28N2O2S/c1-5-11-17-13(4)14-9-8-10-16(12-14)21(19,20)18-15(6-2)7-3/h8-10,12-13,15,17-18H,5-7,11H2,1-4H3. The molecule has 0 radical (unpaired) electrons. The highest BCUT2D eigenvalue weighted by molar-refractivity contribution is 7.89. The molecule has 1 atom stereocenters. The van der Waals surface area contributed by atoms with Gasteiger partial charge in [-0.05, 0) is 50.4 Å². The second-order valence-electron chi connectivity index (χ2n) is 5.38. The van der Waals surface area contributed by atoms with E-state index in [1.165, 1.54) is 0 Å². The molecule has 0 saturated heterocycles. The lowest BCUT2D eigenvalue weighted by molar-refractivity contribution is 0.529. The van der Waals surface area contributed by atoms with Crippen LogP contribution in [0.1, 0.15) is 58.6 Å².